The number of likely N-dealkylation sites (tertiary alicyclic amines) is 1. The van der Waals surface area contributed by atoms with Gasteiger partial charge in [-0.2, -0.15) is 0 Å². The Kier molecular flexibility index (Phi) is 2.55. The van der Waals surface area contributed by atoms with E-state index in [0.29, 0.717) is 12.4 Å². The van der Waals surface area contributed by atoms with Gasteiger partial charge in [0.05, 0.1) is 6.04 Å². The zero-order valence-corrected chi connectivity index (χ0v) is 8.39. The molecule has 0 bridgehead atoms. The highest BCUT2D eigenvalue weighted by molar-refractivity contribution is 5.80. The molecule has 1 fully saturated rings. The second-order valence-electron chi connectivity index (χ2n) is 3.77. The number of anilines is 1. The van der Waals surface area contributed by atoms with Crippen LogP contribution in [-0.4, -0.2) is 28.4 Å². The maximum absolute atomic E-state index is 11.0. The molecule has 5 nitrogen and oxygen atoms in total. The Balaban J connectivity index is 1.97. The Bertz CT molecular complexity index is 362. The lowest BCUT2D eigenvalue weighted by Gasteiger charge is -2.38. The first kappa shape index (κ1) is 9.92. The molecule has 1 saturated heterocycles. The molecule has 1 unspecified atom stereocenters. The average molecular weight is 206 g/mol. The summed E-state index contributed by atoms with van der Waals surface area (Å²) in [7, 11) is 0. The fourth-order valence-electron chi connectivity index (χ4n) is 1.72. The normalized spacial score (nSPS) is 20.9. The summed E-state index contributed by atoms with van der Waals surface area (Å²) in [6.07, 6.45) is 2.59. The van der Waals surface area contributed by atoms with Crippen molar-refractivity contribution in [2.75, 3.05) is 12.3 Å². The van der Waals surface area contributed by atoms with Gasteiger partial charge in [-0.25, -0.2) is 4.98 Å². The molecule has 0 saturated carbocycles. The summed E-state index contributed by atoms with van der Waals surface area (Å²) in [5.74, 6) is 0.262. The maximum atomic E-state index is 11.0. The molecule has 1 aliphatic heterocycles. The van der Waals surface area contributed by atoms with Crippen LogP contribution in [0.2, 0.25) is 0 Å². The van der Waals surface area contributed by atoms with Crippen LogP contribution in [0.4, 0.5) is 5.82 Å². The monoisotopic (exact) mass is 206 g/mol. The van der Waals surface area contributed by atoms with Gasteiger partial charge < -0.3 is 11.5 Å². The predicted molar refractivity (Wildman–Crippen MR) is 56.7 cm³/mol. The van der Waals surface area contributed by atoms with E-state index < -0.39 is 0 Å². The molecule has 2 heterocycles. The van der Waals surface area contributed by atoms with Crippen molar-refractivity contribution < 1.29 is 4.79 Å². The first-order valence-electron chi connectivity index (χ1n) is 4.90. The van der Waals surface area contributed by atoms with Crippen LogP contribution in [0, 0.1) is 0 Å². The first-order valence-corrected chi connectivity index (χ1v) is 4.90. The lowest BCUT2D eigenvalue weighted by atomic mass is 10.0. The SMILES string of the molecule is NC(=O)C1CCN1Cc1ccc(N)nc1. The van der Waals surface area contributed by atoms with Crippen molar-refractivity contribution in [2.45, 2.75) is 19.0 Å². The molecule has 1 aliphatic rings. The van der Waals surface area contributed by atoms with Crippen molar-refractivity contribution >= 4 is 11.7 Å². The second kappa shape index (κ2) is 3.86. The number of carbonyl (C=O) groups excluding carboxylic acids is 1. The highest BCUT2D eigenvalue weighted by Crippen LogP contribution is 2.19. The number of hydrogen-bond donors (Lipinski definition) is 2. The molecule has 0 radical (unpaired) electrons. The Morgan fingerprint density at radius 1 is 1.60 bits per heavy atom. The molecule has 1 aromatic rings. The molecule has 0 spiro atoms. The summed E-state index contributed by atoms with van der Waals surface area (Å²) < 4.78 is 0. The van der Waals surface area contributed by atoms with E-state index in [0.717, 1.165) is 18.5 Å². The van der Waals surface area contributed by atoms with E-state index in [2.05, 4.69) is 4.98 Å². The smallest absolute Gasteiger partial charge is 0.234 e. The van der Waals surface area contributed by atoms with Crippen LogP contribution in [0.3, 0.4) is 0 Å². The Labute approximate surface area is 88.1 Å². The molecule has 2 rings (SSSR count). The van der Waals surface area contributed by atoms with E-state index in [1.54, 1.807) is 12.3 Å². The Morgan fingerprint density at radius 2 is 2.40 bits per heavy atom. The van der Waals surface area contributed by atoms with Gasteiger partial charge in [-0.15, -0.1) is 0 Å². The molecule has 0 aromatic carbocycles. The van der Waals surface area contributed by atoms with Crippen molar-refractivity contribution in [1.82, 2.24) is 9.88 Å². The van der Waals surface area contributed by atoms with Gasteiger partial charge in [0.25, 0.3) is 0 Å². The fourth-order valence-corrected chi connectivity index (χ4v) is 1.72. The van der Waals surface area contributed by atoms with E-state index in [4.69, 9.17) is 11.5 Å². The molecule has 0 aliphatic carbocycles. The van der Waals surface area contributed by atoms with Crippen molar-refractivity contribution in [3.8, 4) is 0 Å². The van der Waals surface area contributed by atoms with Crippen molar-refractivity contribution in [1.29, 1.82) is 0 Å². The second-order valence-corrected chi connectivity index (χ2v) is 3.77. The number of carbonyl (C=O) groups is 1. The fraction of sp³-hybridized carbons (Fsp3) is 0.400. The van der Waals surface area contributed by atoms with Gasteiger partial charge in [-0.3, -0.25) is 9.69 Å². The summed E-state index contributed by atoms with van der Waals surface area (Å²) >= 11 is 0. The van der Waals surface area contributed by atoms with E-state index >= 15 is 0 Å². The topological polar surface area (TPSA) is 85.2 Å². The Hall–Kier alpha value is -1.62. The van der Waals surface area contributed by atoms with Gasteiger partial charge in [-0.1, -0.05) is 6.07 Å². The van der Waals surface area contributed by atoms with Crippen LogP contribution in [0.1, 0.15) is 12.0 Å². The van der Waals surface area contributed by atoms with Gasteiger partial charge in [0, 0.05) is 19.3 Å². The lowest BCUT2D eigenvalue weighted by molar-refractivity contribution is -0.127. The highest BCUT2D eigenvalue weighted by Gasteiger charge is 2.32. The van der Waals surface area contributed by atoms with Gasteiger partial charge in [0.1, 0.15) is 5.82 Å². The van der Waals surface area contributed by atoms with Crippen LogP contribution < -0.4 is 11.5 Å². The number of pyridine rings is 1. The number of nitrogen functional groups attached to an aromatic ring is 1. The molecule has 5 heteroatoms. The molecular formula is C10H14N4O. The standard InChI is InChI=1S/C10H14N4O/c11-9-2-1-7(5-13-9)6-14-4-3-8(14)10(12)15/h1-2,5,8H,3-4,6H2,(H2,11,13)(H2,12,15). The van der Waals surface area contributed by atoms with Crippen molar-refractivity contribution in [2.24, 2.45) is 5.73 Å². The number of nitrogens with two attached hydrogens (primary N) is 2. The number of primary amides is 1. The molecule has 15 heavy (non-hydrogen) atoms. The van der Waals surface area contributed by atoms with Crippen LogP contribution >= 0.6 is 0 Å². The summed E-state index contributed by atoms with van der Waals surface area (Å²) in [4.78, 5) is 17.0. The molecule has 4 N–H and O–H groups in total. The summed E-state index contributed by atoms with van der Waals surface area (Å²) in [5, 5.41) is 0. The zero-order chi connectivity index (χ0) is 10.8. The molecule has 1 atom stereocenters. The van der Waals surface area contributed by atoms with E-state index in [1.165, 1.54) is 0 Å². The number of hydrogen-bond acceptors (Lipinski definition) is 4. The first-order chi connectivity index (χ1) is 7.16. The van der Waals surface area contributed by atoms with Crippen molar-refractivity contribution in [3.63, 3.8) is 0 Å². The third-order valence-electron chi connectivity index (χ3n) is 2.69. The number of aromatic nitrogens is 1. The minimum atomic E-state index is -0.246. The minimum absolute atomic E-state index is 0.109. The average Bonchev–Trinajstić information content (AvgIpc) is 2.14. The zero-order valence-electron chi connectivity index (χ0n) is 8.39. The van der Waals surface area contributed by atoms with Gasteiger partial charge in [-0.05, 0) is 18.1 Å². The summed E-state index contributed by atoms with van der Waals surface area (Å²) in [5.41, 5.74) is 11.8. The van der Waals surface area contributed by atoms with Gasteiger partial charge >= 0.3 is 0 Å². The van der Waals surface area contributed by atoms with Crippen LogP contribution in [0.5, 0.6) is 0 Å². The van der Waals surface area contributed by atoms with E-state index in [9.17, 15) is 4.79 Å². The molecule has 1 amide bonds. The number of nitrogens with zero attached hydrogens (tertiary/aromatic N) is 2. The predicted octanol–water partition coefficient (Wildman–Crippen LogP) is -0.277. The maximum Gasteiger partial charge on any atom is 0.234 e. The number of rotatable bonds is 3. The third-order valence-corrected chi connectivity index (χ3v) is 2.69. The summed E-state index contributed by atoms with van der Waals surface area (Å²) in [6.45, 7) is 1.62. The van der Waals surface area contributed by atoms with Gasteiger partial charge in [0.15, 0.2) is 0 Å². The quantitative estimate of drug-likeness (QED) is 0.712. The van der Waals surface area contributed by atoms with E-state index in [-0.39, 0.29) is 11.9 Å². The van der Waals surface area contributed by atoms with Crippen molar-refractivity contribution in [3.05, 3.63) is 23.9 Å². The number of amides is 1. The van der Waals surface area contributed by atoms with Crippen LogP contribution in [-0.2, 0) is 11.3 Å². The van der Waals surface area contributed by atoms with Crippen LogP contribution in [0.15, 0.2) is 18.3 Å². The molecular weight excluding hydrogens is 192 g/mol. The Morgan fingerprint density at radius 3 is 2.87 bits per heavy atom. The summed E-state index contributed by atoms with van der Waals surface area (Å²) in [6, 6.07) is 3.56. The molecule has 80 valence electrons. The van der Waals surface area contributed by atoms with Gasteiger partial charge in [0.2, 0.25) is 5.91 Å². The minimum Gasteiger partial charge on any atom is -0.384 e. The highest BCUT2D eigenvalue weighted by atomic mass is 16.1. The lowest BCUT2D eigenvalue weighted by Crippen LogP contribution is -2.54. The van der Waals surface area contributed by atoms with Crippen LogP contribution in [0.25, 0.3) is 0 Å². The molecule has 1 aromatic heterocycles. The third kappa shape index (κ3) is 2.07. The largest absolute Gasteiger partial charge is 0.384 e. The van der Waals surface area contributed by atoms with E-state index in [1.807, 2.05) is 11.0 Å².